The lowest BCUT2D eigenvalue weighted by Gasteiger charge is -2.17. The Morgan fingerprint density at radius 1 is 0.250 bits per heavy atom. The number of rotatable bonds is 5. The van der Waals surface area contributed by atoms with Crippen molar-refractivity contribution in [3.63, 3.8) is 0 Å². The Morgan fingerprint density at radius 3 is 1.30 bits per heavy atom. The average molecular weight is 817 g/mol. The molecule has 0 fully saturated rings. The number of nitrogens with zero attached hydrogens (tertiary/aromatic N) is 2. The third-order valence-electron chi connectivity index (χ3n) is 13.3. The molecule has 0 spiro atoms. The predicted molar refractivity (Wildman–Crippen MR) is 266 cm³/mol. The molecule has 10 aromatic carbocycles. The summed E-state index contributed by atoms with van der Waals surface area (Å²) in [5.41, 5.74) is 17.5. The van der Waals surface area contributed by atoms with Crippen LogP contribution in [0.25, 0.3) is 132 Å². The maximum Gasteiger partial charge on any atom is 0.135 e. The molecule has 0 saturated heterocycles. The maximum atomic E-state index is 6.30. The van der Waals surface area contributed by atoms with E-state index in [0.717, 1.165) is 88.6 Å². The van der Waals surface area contributed by atoms with Crippen molar-refractivity contribution in [3.05, 3.63) is 218 Å². The molecule has 0 aliphatic rings. The predicted octanol–water partition coefficient (Wildman–Crippen LogP) is 16.7. The molecule has 0 atom stereocenters. The number of furan rings is 2. The molecule has 0 aliphatic carbocycles. The van der Waals surface area contributed by atoms with Gasteiger partial charge in [0, 0.05) is 54.5 Å². The van der Waals surface area contributed by atoms with E-state index >= 15 is 0 Å². The van der Waals surface area contributed by atoms with Gasteiger partial charge >= 0.3 is 0 Å². The van der Waals surface area contributed by atoms with Crippen molar-refractivity contribution in [3.8, 4) is 44.8 Å². The third-order valence-corrected chi connectivity index (χ3v) is 13.3. The Morgan fingerprint density at radius 2 is 0.688 bits per heavy atom. The van der Waals surface area contributed by atoms with Crippen molar-refractivity contribution in [1.29, 1.82) is 0 Å². The molecule has 4 nitrogen and oxygen atoms in total. The summed E-state index contributed by atoms with van der Waals surface area (Å²) in [5.74, 6) is 0. The second-order valence-electron chi connectivity index (χ2n) is 16.8. The van der Waals surface area contributed by atoms with Crippen molar-refractivity contribution in [2.24, 2.45) is 0 Å². The smallest absolute Gasteiger partial charge is 0.135 e. The SMILES string of the molecule is c1ccc(-n2c3ccccc3c3cc(-n4c5ccccc5c5cc(-c6c(-c7ccc8oc9ccccc9c8c7)cccc6-c6ccc7oc8ccccc8c7c6)ccc54)ccc32)cc1. The Bertz CT molecular complexity index is 4070. The number of hydrogen-bond donors (Lipinski definition) is 0. The van der Waals surface area contributed by atoms with E-state index < -0.39 is 0 Å². The minimum absolute atomic E-state index is 0.886. The van der Waals surface area contributed by atoms with E-state index in [-0.39, 0.29) is 0 Å². The first kappa shape index (κ1) is 35.0. The van der Waals surface area contributed by atoms with E-state index in [9.17, 15) is 0 Å². The molecule has 64 heavy (non-hydrogen) atoms. The topological polar surface area (TPSA) is 36.1 Å². The Hall–Kier alpha value is -8.60. The van der Waals surface area contributed by atoms with Gasteiger partial charge in [-0.1, -0.05) is 127 Å². The van der Waals surface area contributed by atoms with Gasteiger partial charge < -0.3 is 18.0 Å². The zero-order chi connectivity index (χ0) is 41.9. The number of para-hydroxylation sites is 5. The van der Waals surface area contributed by atoms with Crippen LogP contribution in [0.15, 0.2) is 227 Å². The lowest BCUT2D eigenvalue weighted by atomic mass is 9.86. The largest absolute Gasteiger partial charge is 0.456 e. The summed E-state index contributed by atoms with van der Waals surface area (Å²) in [5, 5.41) is 9.33. The molecule has 0 N–H and O–H groups in total. The van der Waals surface area contributed by atoms with Gasteiger partial charge in [0.15, 0.2) is 0 Å². The van der Waals surface area contributed by atoms with Gasteiger partial charge in [0.1, 0.15) is 22.3 Å². The van der Waals surface area contributed by atoms with Gasteiger partial charge in [-0.25, -0.2) is 0 Å². The van der Waals surface area contributed by atoms with Gasteiger partial charge in [-0.15, -0.1) is 0 Å². The van der Waals surface area contributed by atoms with E-state index in [4.69, 9.17) is 8.83 Å². The molecule has 0 bridgehead atoms. The minimum Gasteiger partial charge on any atom is -0.456 e. The molecule has 4 heteroatoms. The lowest BCUT2D eigenvalue weighted by Crippen LogP contribution is -1.96. The number of hydrogen-bond acceptors (Lipinski definition) is 2. The molecule has 14 aromatic rings. The molecule has 4 aromatic heterocycles. The van der Waals surface area contributed by atoms with Gasteiger partial charge in [0.25, 0.3) is 0 Å². The molecule has 0 radical (unpaired) electrons. The van der Waals surface area contributed by atoms with Gasteiger partial charge in [0.05, 0.1) is 22.1 Å². The van der Waals surface area contributed by atoms with Crippen LogP contribution in [0.2, 0.25) is 0 Å². The van der Waals surface area contributed by atoms with Crippen LogP contribution in [0, 0.1) is 0 Å². The van der Waals surface area contributed by atoms with Crippen LogP contribution in [0.4, 0.5) is 0 Å². The number of aromatic nitrogens is 2. The highest BCUT2D eigenvalue weighted by molar-refractivity contribution is 6.14. The summed E-state index contributed by atoms with van der Waals surface area (Å²) in [6.07, 6.45) is 0. The highest BCUT2D eigenvalue weighted by Gasteiger charge is 2.21. The number of benzene rings is 10. The van der Waals surface area contributed by atoms with Crippen molar-refractivity contribution < 1.29 is 8.83 Å². The first-order chi connectivity index (χ1) is 31.7. The summed E-state index contributed by atoms with van der Waals surface area (Å²) >= 11 is 0. The highest BCUT2D eigenvalue weighted by Crippen LogP contribution is 2.45. The Balaban J connectivity index is 1.01. The van der Waals surface area contributed by atoms with E-state index in [0.29, 0.717) is 0 Å². The fourth-order valence-electron chi connectivity index (χ4n) is 10.5. The summed E-state index contributed by atoms with van der Waals surface area (Å²) < 4.78 is 17.4. The van der Waals surface area contributed by atoms with Crippen molar-refractivity contribution >= 4 is 87.5 Å². The second-order valence-corrected chi connectivity index (χ2v) is 16.8. The van der Waals surface area contributed by atoms with E-state index in [1.807, 2.05) is 24.3 Å². The summed E-state index contributed by atoms with van der Waals surface area (Å²) in [4.78, 5) is 0. The van der Waals surface area contributed by atoms with Crippen molar-refractivity contribution in [2.75, 3.05) is 0 Å². The summed E-state index contributed by atoms with van der Waals surface area (Å²) in [6, 6.07) is 78.8. The average Bonchev–Trinajstić information content (AvgIpc) is 4.11. The first-order valence-corrected chi connectivity index (χ1v) is 21.8. The van der Waals surface area contributed by atoms with Gasteiger partial charge in [-0.05, 0) is 124 Å². The first-order valence-electron chi connectivity index (χ1n) is 21.8. The zero-order valence-corrected chi connectivity index (χ0v) is 34.5. The van der Waals surface area contributed by atoms with Crippen LogP contribution in [-0.4, -0.2) is 9.13 Å². The molecule has 298 valence electrons. The quantitative estimate of drug-likeness (QED) is 0.173. The standard InChI is InChI=1S/C60H36N2O2/c1-2-13-40(14-3-1)61-52-21-8-5-16-45(52)49-36-41(28-30-55(49)61)62-53-22-9-4-15-44(53)48-35-39(25-29-54(48)62)60-42(37-26-31-58-50(33-37)46-17-6-10-23-56(46)63-58)19-12-20-43(60)38-27-32-59-51(34-38)47-18-7-11-24-57(47)64-59/h1-36H. The molecular weight excluding hydrogens is 781 g/mol. The summed E-state index contributed by atoms with van der Waals surface area (Å²) in [6.45, 7) is 0. The van der Waals surface area contributed by atoms with Crippen LogP contribution >= 0.6 is 0 Å². The zero-order valence-electron chi connectivity index (χ0n) is 34.5. The Kier molecular flexibility index (Phi) is 7.36. The van der Waals surface area contributed by atoms with Gasteiger partial charge in [-0.3, -0.25) is 0 Å². The molecule has 4 heterocycles. The van der Waals surface area contributed by atoms with Gasteiger partial charge in [0.2, 0.25) is 0 Å². The fourth-order valence-corrected chi connectivity index (χ4v) is 10.5. The van der Waals surface area contributed by atoms with Crippen LogP contribution in [0.3, 0.4) is 0 Å². The Labute approximate surface area is 367 Å². The molecular formula is C60H36N2O2. The maximum absolute atomic E-state index is 6.30. The van der Waals surface area contributed by atoms with Crippen LogP contribution < -0.4 is 0 Å². The van der Waals surface area contributed by atoms with Gasteiger partial charge in [-0.2, -0.15) is 0 Å². The molecule has 0 saturated carbocycles. The highest BCUT2D eigenvalue weighted by atomic mass is 16.3. The van der Waals surface area contributed by atoms with Crippen LogP contribution in [0.1, 0.15) is 0 Å². The molecule has 0 unspecified atom stereocenters. The molecule has 0 aliphatic heterocycles. The fraction of sp³-hybridized carbons (Fsp3) is 0. The number of fused-ring (bicyclic) bond motifs is 12. The van der Waals surface area contributed by atoms with E-state index in [1.165, 1.54) is 43.7 Å². The van der Waals surface area contributed by atoms with Crippen LogP contribution in [-0.2, 0) is 0 Å². The van der Waals surface area contributed by atoms with Crippen molar-refractivity contribution in [1.82, 2.24) is 9.13 Å². The molecule has 0 amide bonds. The summed E-state index contributed by atoms with van der Waals surface area (Å²) in [7, 11) is 0. The van der Waals surface area contributed by atoms with Crippen molar-refractivity contribution in [2.45, 2.75) is 0 Å². The normalized spacial score (nSPS) is 12.1. The minimum atomic E-state index is 0.886. The molecule has 14 rings (SSSR count). The van der Waals surface area contributed by atoms with Crippen LogP contribution in [0.5, 0.6) is 0 Å². The van der Waals surface area contributed by atoms with E-state index in [1.54, 1.807) is 0 Å². The lowest BCUT2D eigenvalue weighted by molar-refractivity contribution is 0.668. The monoisotopic (exact) mass is 816 g/mol. The second kappa shape index (κ2) is 13.4. The van der Waals surface area contributed by atoms with E-state index in [2.05, 4.69) is 203 Å². The third kappa shape index (κ3) is 5.11.